The molecule has 1 atom stereocenters. The quantitative estimate of drug-likeness (QED) is 0.810. The van der Waals surface area contributed by atoms with Crippen molar-refractivity contribution in [3.05, 3.63) is 35.6 Å². The molecule has 0 saturated carbocycles. The van der Waals surface area contributed by atoms with Gasteiger partial charge < -0.3 is 10.1 Å². The molecule has 0 saturated heterocycles. The van der Waals surface area contributed by atoms with E-state index in [1.807, 2.05) is 0 Å². The molecular weight excluding hydrogens is 225 g/mol. The van der Waals surface area contributed by atoms with Crippen LogP contribution in [0.25, 0.3) is 0 Å². The Bertz CT molecular complexity index is 403. The number of carbonyl (C=O) groups is 2. The standard InChI is InChI=1S/C12H14FNO3/c1-3-10(12(16)17-2)14-11(15)8-4-6-9(13)7-5-8/h4-7,10H,3H2,1-2H3,(H,14,15)/t10-/m1/s1. The van der Waals surface area contributed by atoms with Gasteiger partial charge in [-0.3, -0.25) is 4.79 Å². The van der Waals surface area contributed by atoms with Crippen LogP contribution in [0.5, 0.6) is 0 Å². The minimum Gasteiger partial charge on any atom is -0.467 e. The summed E-state index contributed by atoms with van der Waals surface area (Å²) in [7, 11) is 1.26. The van der Waals surface area contributed by atoms with E-state index in [0.29, 0.717) is 12.0 Å². The van der Waals surface area contributed by atoms with Crippen molar-refractivity contribution in [3.8, 4) is 0 Å². The number of carbonyl (C=O) groups excluding carboxylic acids is 2. The largest absolute Gasteiger partial charge is 0.467 e. The highest BCUT2D eigenvalue weighted by Gasteiger charge is 2.19. The van der Waals surface area contributed by atoms with Gasteiger partial charge in [0.1, 0.15) is 11.9 Å². The lowest BCUT2D eigenvalue weighted by Gasteiger charge is -2.14. The van der Waals surface area contributed by atoms with Crippen LogP contribution >= 0.6 is 0 Å². The normalized spacial score (nSPS) is 11.7. The van der Waals surface area contributed by atoms with E-state index in [2.05, 4.69) is 10.1 Å². The number of nitrogens with one attached hydrogen (secondary N) is 1. The maximum absolute atomic E-state index is 12.7. The van der Waals surface area contributed by atoms with Crippen LogP contribution in [0.4, 0.5) is 4.39 Å². The minimum atomic E-state index is -0.683. The molecule has 17 heavy (non-hydrogen) atoms. The van der Waals surface area contributed by atoms with Gasteiger partial charge in [0.25, 0.3) is 5.91 Å². The second kappa shape index (κ2) is 5.98. The van der Waals surface area contributed by atoms with Gasteiger partial charge in [-0.05, 0) is 30.7 Å². The van der Waals surface area contributed by atoms with Crippen LogP contribution in [0.1, 0.15) is 23.7 Å². The number of halogens is 1. The molecule has 0 heterocycles. The topological polar surface area (TPSA) is 55.4 Å². The van der Waals surface area contributed by atoms with Gasteiger partial charge in [-0.15, -0.1) is 0 Å². The molecule has 4 nitrogen and oxygen atoms in total. The first-order chi connectivity index (χ1) is 8.08. The Labute approximate surface area is 98.8 Å². The van der Waals surface area contributed by atoms with E-state index in [4.69, 9.17) is 0 Å². The summed E-state index contributed by atoms with van der Waals surface area (Å²) in [5.41, 5.74) is 0.300. The summed E-state index contributed by atoms with van der Waals surface area (Å²) in [5, 5.41) is 2.52. The molecule has 0 aromatic heterocycles. The van der Waals surface area contributed by atoms with Crippen LogP contribution in [0.2, 0.25) is 0 Å². The van der Waals surface area contributed by atoms with Gasteiger partial charge in [-0.25, -0.2) is 9.18 Å². The molecule has 0 radical (unpaired) electrons. The molecule has 1 rings (SSSR count). The summed E-state index contributed by atoms with van der Waals surface area (Å²) in [4.78, 5) is 23.0. The van der Waals surface area contributed by atoms with Crippen molar-refractivity contribution in [1.29, 1.82) is 0 Å². The maximum atomic E-state index is 12.7. The van der Waals surface area contributed by atoms with Gasteiger partial charge in [0.2, 0.25) is 0 Å². The first-order valence-electron chi connectivity index (χ1n) is 5.22. The third-order valence-electron chi connectivity index (χ3n) is 2.31. The Morgan fingerprint density at radius 2 is 1.94 bits per heavy atom. The molecule has 0 spiro atoms. The van der Waals surface area contributed by atoms with Crippen molar-refractivity contribution in [3.63, 3.8) is 0 Å². The van der Waals surface area contributed by atoms with Crippen LogP contribution in [-0.2, 0) is 9.53 Å². The highest BCUT2D eigenvalue weighted by molar-refractivity contribution is 5.96. The Morgan fingerprint density at radius 1 is 1.35 bits per heavy atom. The zero-order chi connectivity index (χ0) is 12.8. The van der Waals surface area contributed by atoms with Crippen molar-refractivity contribution in [2.24, 2.45) is 0 Å². The summed E-state index contributed by atoms with van der Waals surface area (Å²) >= 11 is 0. The summed E-state index contributed by atoms with van der Waals surface area (Å²) in [6.07, 6.45) is 0.430. The first-order valence-corrected chi connectivity index (χ1v) is 5.22. The summed E-state index contributed by atoms with van der Waals surface area (Å²) in [5.74, 6) is -1.34. The zero-order valence-corrected chi connectivity index (χ0v) is 9.70. The molecule has 1 aromatic rings. The molecule has 0 fully saturated rings. The second-order valence-corrected chi connectivity index (χ2v) is 3.46. The van der Waals surface area contributed by atoms with E-state index < -0.39 is 23.7 Å². The molecular formula is C12H14FNO3. The smallest absolute Gasteiger partial charge is 0.328 e. The fourth-order valence-electron chi connectivity index (χ4n) is 1.31. The van der Waals surface area contributed by atoms with Crippen molar-refractivity contribution < 1.29 is 18.7 Å². The van der Waals surface area contributed by atoms with Crippen molar-refractivity contribution in [2.75, 3.05) is 7.11 Å². The number of hydrogen-bond acceptors (Lipinski definition) is 3. The van der Waals surface area contributed by atoms with E-state index in [0.717, 1.165) is 0 Å². The highest BCUT2D eigenvalue weighted by atomic mass is 19.1. The molecule has 1 amide bonds. The Kier molecular flexibility index (Phi) is 4.63. The predicted molar refractivity (Wildman–Crippen MR) is 60.0 cm³/mol. The van der Waals surface area contributed by atoms with Crippen LogP contribution in [-0.4, -0.2) is 25.0 Å². The van der Waals surface area contributed by atoms with Crippen LogP contribution in [0.15, 0.2) is 24.3 Å². The van der Waals surface area contributed by atoms with E-state index in [9.17, 15) is 14.0 Å². The molecule has 92 valence electrons. The molecule has 5 heteroatoms. The van der Waals surface area contributed by atoms with Gasteiger partial charge in [-0.2, -0.15) is 0 Å². The Morgan fingerprint density at radius 3 is 2.41 bits per heavy atom. The lowest BCUT2D eigenvalue weighted by Crippen LogP contribution is -2.41. The zero-order valence-electron chi connectivity index (χ0n) is 9.70. The number of amides is 1. The van der Waals surface area contributed by atoms with E-state index in [1.54, 1.807) is 6.92 Å². The SMILES string of the molecule is CC[C@@H](NC(=O)c1ccc(F)cc1)C(=O)OC. The molecule has 0 aliphatic rings. The van der Waals surface area contributed by atoms with Gasteiger partial charge in [0.05, 0.1) is 7.11 Å². The van der Waals surface area contributed by atoms with E-state index >= 15 is 0 Å². The second-order valence-electron chi connectivity index (χ2n) is 3.46. The first kappa shape index (κ1) is 13.2. The van der Waals surface area contributed by atoms with Crippen LogP contribution in [0.3, 0.4) is 0 Å². The third kappa shape index (κ3) is 3.55. The van der Waals surface area contributed by atoms with E-state index in [1.165, 1.54) is 31.4 Å². The molecule has 0 aliphatic heterocycles. The number of benzene rings is 1. The Balaban J connectivity index is 2.71. The van der Waals surface area contributed by atoms with Gasteiger partial charge in [0.15, 0.2) is 0 Å². The van der Waals surface area contributed by atoms with Gasteiger partial charge >= 0.3 is 5.97 Å². The van der Waals surface area contributed by atoms with E-state index in [-0.39, 0.29) is 0 Å². The lowest BCUT2D eigenvalue weighted by atomic mass is 10.1. The summed E-state index contributed by atoms with van der Waals surface area (Å²) in [6, 6.07) is 4.41. The summed E-state index contributed by atoms with van der Waals surface area (Å²) in [6.45, 7) is 1.76. The highest BCUT2D eigenvalue weighted by Crippen LogP contribution is 2.04. The molecule has 0 bridgehead atoms. The van der Waals surface area contributed by atoms with Crippen molar-refractivity contribution in [2.45, 2.75) is 19.4 Å². The number of ether oxygens (including phenoxy) is 1. The van der Waals surface area contributed by atoms with Crippen molar-refractivity contribution >= 4 is 11.9 Å². The van der Waals surface area contributed by atoms with Gasteiger partial charge in [-0.1, -0.05) is 6.92 Å². The minimum absolute atomic E-state index is 0.300. The monoisotopic (exact) mass is 239 g/mol. The van der Waals surface area contributed by atoms with Crippen molar-refractivity contribution in [1.82, 2.24) is 5.32 Å². The Hall–Kier alpha value is -1.91. The average molecular weight is 239 g/mol. The molecule has 0 unspecified atom stereocenters. The molecule has 0 aliphatic carbocycles. The van der Waals surface area contributed by atoms with Crippen LogP contribution < -0.4 is 5.32 Å². The predicted octanol–water partition coefficient (Wildman–Crippen LogP) is 1.51. The molecule has 1 aromatic carbocycles. The molecule has 1 N–H and O–H groups in total. The van der Waals surface area contributed by atoms with Gasteiger partial charge in [0, 0.05) is 5.56 Å². The fourth-order valence-corrected chi connectivity index (χ4v) is 1.31. The number of methoxy groups -OCH3 is 1. The average Bonchev–Trinajstić information content (AvgIpc) is 2.35. The number of esters is 1. The van der Waals surface area contributed by atoms with Crippen LogP contribution in [0, 0.1) is 5.82 Å². The third-order valence-corrected chi connectivity index (χ3v) is 2.31. The lowest BCUT2D eigenvalue weighted by molar-refractivity contribution is -0.142. The maximum Gasteiger partial charge on any atom is 0.328 e. The fraction of sp³-hybridized carbons (Fsp3) is 0.333. The number of hydrogen-bond donors (Lipinski definition) is 1. The number of rotatable bonds is 4. The summed E-state index contributed by atoms with van der Waals surface area (Å²) < 4.78 is 17.2.